The highest BCUT2D eigenvalue weighted by molar-refractivity contribution is 5.78. The molecule has 0 saturated carbocycles. The van der Waals surface area contributed by atoms with Gasteiger partial charge in [0.2, 0.25) is 11.8 Å². The molecule has 10 heteroatoms. The van der Waals surface area contributed by atoms with Gasteiger partial charge in [0, 0.05) is 37.8 Å². The third-order valence-corrected chi connectivity index (χ3v) is 4.63. The number of aryl methyl sites for hydroxylation is 2. The first-order valence-corrected chi connectivity index (χ1v) is 9.88. The second-order valence-electron chi connectivity index (χ2n) is 6.97. The van der Waals surface area contributed by atoms with Crippen molar-refractivity contribution in [3.05, 3.63) is 58.6 Å². The molecule has 2 aromatic heterocycles. The second-order valence-corrected chi connectivity index (χ2v) is 6.97. The number of benzene rings is 1. The van der Waals surface area contributed by atoms with Gasteiger partial charge in [-0.05, 0) is 24.6 Å². The molecular weight excluding hydrogens is 413 g/mol. The van der Waals surface area contributed by atoms with Crippen molar-refractivity contribution in [2.75, 3.05) is 6.61 Å². The number of amides is 1. The number of nitrogens with zero attached hydrogens (tertiary/aromatic N) is 3. The van der Waals surface area contributed by atoms with Crippen molar-refractivity contribution in [1.82, 2.24) is 19.4 Å². The number of hydrogen-bond acceptors (Lipinski definition) is 4. The quantitative estimate of drug-likeness (QED) is 0.559. The first kappa shape index (κ1) is 22.4. The normalized spacial score (nSPS) is 11.6. The first-order chi connectivity index (χ1) is 14.8. The van der Waals surface area contributed by atoms with Gasteiger partial charge >= 0.3 is 11.9 Å². The Balaban J connectivity index is 1.64. The molecule has 0 aliphatic heterocycles. The molecule has 0 fully saturated rings. The van der Waals surface area contributed by atoms with Crippen LogP contribution in [0.5, 0.6) is 5.88 Å². The minimum atomic E-state index is -4.48. The Kier molecular flexibility index (Phi) is 6.98. The Labute approximate surface area is 176 Å². The number of ether oxygens (including phenoxy) is 1. The van der Waals surface area contributed by atoms with E-state index in [0.717, 1.165) is 17.5 Å². The van der Waals surface area contributed by atoms with Crippen LogP contribution in [0, 0.1) is 0 Å². The summed E-state index contributed by atoms with van der Waals surface area (Å²) >= 11 is 0. The largest absolute Gasteiger partial charge is 0.468 e. The molecule has 0 atom stereocenters. The van der Waals surface area contributed by atoms with Crippen molar-refractivity contribution in [3.8, 4) is 5.88 Å². The van der Waals surface area contributed by atoms with Gasteiger partial charge in [-0.1, -0.05) is 25.1 Å². The van der Waals surface area contributed by atoms with Crippen molar-refractivity contribution >= 4 is 16.9 Å². The Morgan fingerprint density at radius 1 is 1.10 bits per heavy atom. The highest BCUT2D eigenvalue weighted by Gasteiger charge is 2.29. The molecule has 0 bridgehead atoms. The van der Waals surface area contributed by atoms with Crippen LogP contribution in [0.2, 0.25) is 0 Å². The number of carbonyl (C=O) groups excluding carboxylic acids is 1. The van der Waals surface area contributed by atoms with Crippen LogP contribution >= 0.6 is 0 Å². The van der Waals surface area contributed by atoms with Gasteiger partial charge in [0.05, 0.1) is 11.0 Å². The number of pyridine rings is 1. The molecule has 0 radical (unpaired) electrons. The number of hydrogen-bond donors (Lipinski definition) is 1. The number of aromatic nitrogens is 3. The van der Waals surface area contributed by atoms with E-state index in [4.69, 9.17) is 4.74 Å². The van der Waals surface area contributed by atoms with Gasteiger partial charge in [-0.25, -0.2) is 9.78 Å². The highest BCUT2D eigenvalue weighted by Crippen LogP contribution is 2.20. The van der Waals surface area contributed by atoms with E-state index in [-0.39, 0.29) is 37.0 Å². The lowest BCUT2D eigenvalue weighted by atomic mass is 10.2. The van der Waals surface area contributed by atoms with E-state index in [1.165, 1.54) is 12.3 Å². The minimum Gasteiger partial charge on any atom is -0.468 e. The zero-order valence-corrected chi connectivity index (χ0v) is 17.0. The average Bonchev–Trinajstić information content (AvgIpc) is 3.00. The molecule has 0 aliphatic rings. The maximum atomic E-state index is 12.7. The van der Waals surface area contributed by atoms with Crippen LogP contribution in [0.4, 0.5) is 13.2 Å². The van der Waals surface area contributed by atoms with Crippen LogP contribution in [0.3, 0.4) is 0 Å². The number of carbonyl (C=O) groups is 1. The number of rotatable bonds is 9. The van der Waals surface area contributed by atoms with Crippen molar-refractivity contribution in [3.63, 3.8) is 0 Å². The molecule has 1 N–H and O–H groups in total. The zero-order chi connectivity index (χ0) is 22.4. The molecule has 0 unspecified atom stereocenters. The lowest BCUT2D eigenvalue weighted by Gasteiger charge is -2.12. The molecule has 0 spiro atoms. The summed E-state index contributed by atoms with van der Waals surface area (Å²) in [6.45, 7) is 1.26. The summed E-state index contributed by atoms with van der Waals surface area (Å²) in [6.07, 6.45) is -2.32. The Morgan fingerprint density at radius 2 is 1.77 bits per heavy atom. The van der Waals surface area contributed by atoms with E-state index in [2.05, 4.69) is 10.3 Å². The second kappa shape index (κ2) is 9.67. The van der Waals surface area contributed by atoms with E-state index in [1.54, 1.807) is 15.2 Å². The summed E-state index contributed by atoms with van der Waals surface area (Å²) in [5, 5.41) is 2.64. The Morgan fingerprint density at radius 3 is 2.42 bits per heavy atom. The van der Waals surface area contributed by atoms with E-state index in [1.807, 2.05) is 31.2 Å². The maximum Gasteiger partial charge on any atom is 0.422 e. The third kappa shape index (κ3) is 5.65. The fraction of sp³-hybridized carbons (Fsp3) is 0.381. The van der Waals surface area contributed by atoms with Crippen molar-refractivity contribution in [1.29, 1.82) is 0 Å². The summed E-state index contributed by atoms with van der Waals surface area (Å²) < 4.78 is 45.1. The van der Waals surface area contributed by atoms with Crippen LogP contribution in [-0.4, -0.2) is 32.8 Å². The standard InChI is InChI=1S/C21H23F3N4O3/c1-2-11-27-16-7-3-4-8-17(16)28(20(27)30)12-9-18(29)26-13-15-6-5-10-25-19(15)31-14-21(22,23)24/h3-8,10H,2,9,11-14H2,1H3,(H,26,29). The summed E-state index contributed by atoms with van der Waals surface area (Å²) in [5.41, 5.74) is 1.73. The van der Waals surface area contributed by atoms with E-state index in [0.29, 0.717) is 12.1 Å². The molecule has 0 saturated heterocycles. The van der Waals surface area contributed by atoms with Crippen LogP contribution < -0.4 is 15.7 Å². The summed E-state index contributed by atoms with van der Waals surface area (Å²) in [5.74, 6) is -0.524. The van der Waals surface area contributed by atoms with Gasteiger partial charge in [-0.15, -0.1) is 0 Å². The van der Waals surface area contributed by atoms with Crippen molar-refractivity contribution in [2.45, 2.75) is 45.6 Å². The number of halogens is 3. The van der Waals surface area contributed by atoms with Gasteiger partial charge in [0.15, 0.2) is 6.61 Å². The number of imidazole rings is 1. The molecule has 3 rings (SSSR count). The predicted octanol–water partition coefficient (Wildman–Crippen LogP) is 3.26. The maximum absolute atomic E-state index is 12.7. The highest BCUT2D eigenvalue weighted by atomic mass is 19.4. The SMILES string of the molecule is CCCn1c(=O)n(CCC(=O)NCc2cccnc2OCC(F)(F)F)c2ccccc21. The average molecular weight is 436 g/mol. The Hall–Kier alpha value is -3.30. The van der Waals surface area contributed by atoms with Gasteiger partial charge in [0.25, 0.3) is 0 Å². The molecule has 3 aromatic rings. The van der Waals surface area contributed by atoms with Crippen LogP contribution in [0.25, 0.3) is 11.0 Å². The van der Waals surface area contributed by atoms with Crippen molar-refractivity contribution < 1.29 is 22.7 Å². The first-order valence-electron chi connectivity index (χ1n) is 9.88. The van der Waals surface area contributed by atoms with Crippen molar-refractivity contribution in [2.24, 2.45) is 0 Å². The van der Waals surface area contributed by atoms with Gasteiger partial charge < -0.3 is 10.1 Å². The Bertz CT molecular complexity index is 1110. The molecule has 0 aliphatic carbocycles. The summed E-state index contributed by atoms with van der Waals surface area (Å²) in [4.78, 5) is 28.9. The molecule has 1 aromatic carbocycles. The van der Waals surface area contributed by atoms with E-state index < -0.39 is 12.8 Å². The monoisotopic (exact) mass is 436 g/mol. The smallest absolute Gasteiger partial charge is 0.422 e. The minimum absolute atomic E-state index is 0.0354. The van der Waals surface area contributed by atoms with Crippen LogP contribution in [-0.2, 0) is 24.4 Å². The molecule has 7 nitrogen and oxygen atoms in total. The van der Waals surface area contributed by atoms with Gasteiger partial charge in [-0.2, -0.15) is 13.2 Å². The van der Waals surface area contributed by atoms with Crippen LogP contribution in [0.15, 0.2) is 47.4 Å². The fourth-order valence-corrected chi connectivity index (χ4v) is 3.26. The van der Waals surface area contributed by atoms with E-state index >= 15 is 0 Å². The molecule has 31 heavy (non-hydrogen) atoms. The lowest BCUT2D eigenvalue weighted by molar-refractivity contribution is -0.154. The number of nitrogens with one attached hydrogen (secondary N) is 1. The number of fused-ring (bicyclic) bond motifs is 1. The number of alkyl halides is 3. The van der Waals surface area contributed by atoms with Crippen LogP contribution in [0.1, 0.15) is 25.3 Å². The topological polar surface area (TPSA) is 78.2 Å². The number of para-hydroxylation sites is 2. The molecule has 2 heterocycles. The molecular formula is C21H23F3N4O3. The fourth-order valence-electron chi connectivity index (χ4n) is 3.26. The lowest BCUT2D eigenvalue weighted by Crippen LogP contribution is -2.28. The molecule has 166 valence electrons. The zero-order valence-electron chi connectivity index (χ0n) is 17.0. The molecule has 1 amide bonds. The summed E-state index contributed by atoms with van der Waals surface area (Å²) in [6, 6.07) is 10.5. The van der Waals surface area contributed by atoms with Gasteiger partial charge in [0.1, 0.15) is 0 Å². The van der Waals surface area contributed by atoms with Gasteiger partial charge in [-0.3, -0.25) is 13.9 Å². The predicted molar refractivity (Wildman–Crippen MR) is 109 cm³/mol. The summed E-state index contributed by atoms with van der Waals surface area (Å²) in [7, 11) is 0. The third-order valence-electron chi connectivity index (χ3n) is 4.63. The van der Waals surface area contributed by atoms with E-state index in [9.17, 15) is 22.8 Å².